The molecule has 0 aromatic carbocycles. The summed E-state index contributed by atoms with van der Waals surface area (Å²) < 4.78 is 5.19. The van der Waals surface area contributed by atoms with Crippen LogP contribution in [0, 0.1) is 0 Å². The summed E-state index contributed by atoms with van der Waals surface area (Å²) in [6.07, 6.45) is 1.07. The number of carboxylic acids is 1. The Hall–Kier alpha value is -1.36. The summed E-state index contributed by atoms with van der Waals surface area (Å²) in [5.41, 5.74) is 0. The molecule has 1 aliphatic heterocycles. The Bertz CT molecular complexity index is 290. The molecule has 1 aliphatic rings. The highest BCUT2D eigenvalue weighted by Crippen LogP contribution is 2.21. The second kappa shape index (κ2) is 5.65. The Kier molecular flexibility index (Phi) is 4.49. The van der Waals surface area contributed by atoms with Gasteiger partial charge in [-0.2, -0.15) is 0 Å². The molecule has 2 atom stereocenters. The van der Waals surface area contributed by atoms with Gasteiger partial charge in [0.2, 0.25) is 0 Å². The van der Waals surface area contributed by atoms with E-state index < -0.39 is 18.2 Å². The molecule has 1 amide bonds. The normalized spacial score (nSPS) is 24.1. The number of ether oxygens (including phenoxy) is 1. The fraction of sp³-hybridized carbons (Fsp3) is 0.636. The predicted molar refractivity (Wildman–Crippen MR) is 58.0 cm³/mol. The van der Waals surface area contributed by atoms with Crippen molar-refractivity contribution in [1.29, 1.82) is 0 Å². The number of amides is 1. The van der Waals surface area contributed by atoms with Gasteiger partial charge >= 0.3 is 5.97 Å². The first-order valence-electron chi connectivity index (χ1n) is 5.38. The summed E-state index contributed by atoms with van der Waals surface area (Å²) in [6.45, 7) is 6.47. The van der Waals surface area contributed by atoms with Gasteiger partial charge in [0, 0.05) is 13.1 Å². The van der Waals surface area contributed by atoms with Crippen molar-refractivity contribution in [3.63, 3.8) is 0 Å². The lowest BCUT2D eigenvalue weighted by Crippen LogP contribution is -2.39. The van der Waals surface area contributed by atoms with Crippen LogP contribution in [0.1, 0.15) is 19.8 Å². The maximum absolute atomic E-state index is 11.9. The first-order valence-corrected chi connectivity index (χ1v) is 5.38. The van der Waals surface area contributed by atoms with E-state index in [2.05, 4.69) is 6.58 Å². The van der Waals surface area contributed by atoms with Crippen molar-refractivity contribution < 1.29 is 19.4 Å². The van der Waals surface area contributed by atoms with E-state index in [1.54, 1.807) is 11.0 Å². The van der Waals surface area contributed by atoms with E-state index in [-0.39, 0.29) is 5.91 Å². The summed E-state index contributed by atoms with van der Waals surface area (Å²) in [5.74, 6) is -1.15. The molecule has 0 aromatic heterocycles. The van der Waals surface area contributed by atoms with Crippen LogP contribution in [-0.4, -0.2) is 47.2 Å². The van der Waals surface area contributed by atoms with E-state index >= 15 is 0 Å². The van der Waals surface area contributed by atoms with Crippen LogP contribution in [-0.2, 0) is 14.3 Å². The maximum atomic E-state index is 11.9. The summed E-state index contributed by atoms with van der Waals surface area (Å²) in [5, 5.41) is 8.75. The molecule has 0 aromatic rings. The van der Waals surface area contributed by atoms with Gasteiger partial charge < -0.3 is 14.7 Å². The lowest BCUT2D eigenvalue weighted by molar-refractivity contribution is -0.154. The summed E-state index contributed by atoms with van der Waals surface area (Å²) in [7, 11) is 0. The maximum Gasteiger partial charge on any atom is 0.332 e. The van der Waals surface area contributed by atoms with Crippen molar-refractivity contribution in [3.8, 4) is 0 Å². The average Bonchev–Trinajstić information content (AvgIpc) is 2.74. The highest BCUT2D eigenvalue weighted by molar-refractivity contribution is 5.82. The van der Waals surface area contributed by atoms with Crippen LogP contribution in [0.2, 0.25) is 0 Å². The minimum atomic E-state index is -0.998. The summed E-state index contributed by atoms with van der Waals surface area (Å²) in [4.78, 5) is 24.2. The molecule has 1 heterocycles. The predicted octanol–water partition coefficient (Wildman–Crippen LogP) is 0.653. The molecule has 0 bridgehead atoms. The Morgan fingerprint density at radius 2 is 2.12 bits per heavy atom. The first-order chi connectivity index (χ1) is 7.60. The van der Waals surface area contributed by atoms with Gasteiger partial charge in [-0.25, -0.2) is 4.79 Å². The molecule has 0 aliphatic carbocycles. The number of hydrogen-bond acceptors (Lipinski definition) is 3. The smallest absolute Gasteiger partial charge is 0.332 e. The van der Waals surface area contributed by atoms with Crippen molar-refractivity contribution in [1.82, 2.24) is 4.90 Å². The van der Waals surface area contributed by atoms with Crippen molar-refractivity contribution in [2.75, 3.05) is 13.1 Å². The molecular formula is C11H17NO4. The van der Waals surface area contributed by atoms with Crippen molar-refractivity contribution in [2.24, 2.45) is 0 Å². The van der Waals surface area contributed by atoms with Gasteiger partial charge in [-0.05, 0) is 19.8 Å². The van der Waals surface area contributed by atoms with Gasteiger partial charge in [0.1, 0.15) is 6.10 Å². The van der Waals surface area contributed by atoms with Crippen molar-refractivity contribution >= 4 is 11.9 Å². The van der Waals surface area contributed by atoms with Crippen LogP contribution >= 0.6 is 0 Å². The van der Waals surface area contributed by atoms with Crippen LogP contribution in [0.4, 0.5) is 0 Å². The minimum Gasteiger partial charge on any atom is -0.479 e. The number of aliphatic carboxylic acids is 1. The average molecular weight is 227 g/mol. The van der Waals surface area contributed by atoms with E-state index in [1.807, 2.05) is 6.92 Å². The van der Waals surface area contributed by atoms with E-state index in [4.69, 9.17) is 9.84 Å². The number of carboxylic acid groups (broad SMARTS) is 1. The van der Waals surface area contributed by atoms with Crippen LogP contribution in [0.3, 0.4) is 0 Å². The zero-order valence-electron chi connectivity index (χ0n) is 9.39. The largest absolute Gasteiger partial charge is 0.479 e. The number of nitrogens with zero attached hydrogens (tertiary/aromatic N) is 1. The molecule has 1 saturated heterocycles. The lowest BCUT2D eigenvalue weighted by atomic mass is 10.2. The third kappa shape index (κ3) is 2.82. The molecule has 1 N–H and O–H groups in total. The zero-order chi connectivity index (χ0) is 12.1. The van der Waals surface area contributed by atoms with E-state index in [0.29, 0.717) is 25.9 Å². The minimum absolute atomic E-state index is 0.147. The number of carbonyl (C=O) groups excluding carboxylic acids is 1. The Morgan fingerprint density at radius 3 is 2.56 bits per heavy atom. The second-order valence-electron chi connectivity index (χ2n) is 3.69. The SMILES string of the molecule is C=CCN(CC)C(=O)C1CCC(C(=O)O)O1. The number of likely N-dealkylation sites (N-methyl/N-ethyl adjacent to an activating group) is 1. The molecule has 0 spiro atoms. The van der Waals surface area contributed by atoms with Crippen LogP contribution < -0.4 is 0 Å². The Labute approximate surface area is 94.7 Å². The molecule has 2 unspecified atom stereocenters. The molecule has 1 fully saturated rings. The van der Waals surface area contributed by atoms with Gasteiger partial charge in [0.25, 0.3) is 5.91 Å². The van der Waals surface area contributed by atoms with Gasteiger partial charge in [-0.1, -0.05) is 6.08 Å². The fourth-order valence-electron chi connectivity index (χ4n) is 1.73. The zero-order valence-corrected chi connectivity index (χ0v) is 9.39. The fourth-order valence-corrected chi connectivity index (χ4v) is 1.73. The van der Waals surface area contributed by atoms with Crippen LogP contribution in [0.25, 0.3) is 0 Å². The van der Waals surface area contributed by atoms with Gasteiger partial charge in [0.05, 0.1) is 0 Å². The number of rotatable bonds is 5. The van der Waals surface area contributed by atoms with Crippen molar-refractivity contribution in [2.45, 2.75) is 32.0 Å². The van der Waals surface area contributed by atoms with Crippen molar-refractivity contribution in [3.05, 3.63) is 12.7 Å². The molecule has 5 nitrogen and oxygen atoms in total. The highest BCUT2D eigenvalue weighted by atomic mass is 16.5. The van der Waals surface area contributed by atoms with Crippen LogP contribution in [0.5, 0.6) is 0 Å². The molecule has 1 rings (SSSR count). The third-order valence-corrected chi connectivity index (χ3v) is 2.61. The second-order valence-corrected chi connectivity index (χ2v) is 3.69. The van der Waals surface area contributed by atoms with Gasteiger partial charge in [-0.15, -0.1) is 6.58 Å². The van der Waals surface area contributed by atoms with E-state index in [1.165, 1.54) is 0 Å². The Morgan fingerprint density at radius 1 is 1.50 bits per heavy atom. The molecule has 0 saturated carbocycles. The van der Waals surface area contributed by atoms with E-state index in [9.17, 15) is 9.59 Å². The molecule has 90 valence electrons. The van der Waals surface area contributed by atoms with Crippen LogP contribution in [0.15, 0.2) is 12.7 Å². The third-order valence-electron chi connectivity index (χ3n) is 2.61. The molecule has 16 heavy (non-hydrogen) atoms. The van der Waals surface area contributed by atoms with E-state index in [0.717, 1.165) is 0 Å². The topological polar surface area (TPSA) is 66.8 Å². The first kappa shape index (κ1) is 12.7. The highest BCUT2D eigenvalue weighted by Gasteiger charge is 2.36. The standard InChI is InChI=1S/C11H17NO4/c1-3-7-12(4-2)10(13)8-5-6-9(16-8)11(14)15/h3,8-9H,1,4-7H2,2H3,(H,14,15). The summed E-state index contributed by atoms with van der Waals surface area (Å²) >= 11 is 0. The Balaban J connectivity index is 2.55. The lowest BCUT2D eigenvalue weighted by Gasteiger charge is -2.22. The molecular weight excluding hydrogens is 210 g/mol. The number of hydrogen-bond donors (Lipinski definition) is 1. The van der Waals surface area contributed by atoms with Gasteiger partial charge in [0.15, 0.2) is 6.10 Å². The molecule has 0 radical (unpaired) electrons. The molecule has 5 heteroatoms. The summed E-state index contributed by atoms with van der Waals surface area (Å²) in [6, 6.07) is 0. The quantitative estimate of drug-likeness (QED) is 0.700. The number of carbonyl (C=O) groups is 2. The monoisotopic (exact) mass is 227 g/mol. The van der Waals surface area contributed by atoms with Gasteiger partial charge in [-0.3, -0.25) is 4.79 Å².